The van der Waals surface area contributed by atoms with Gasteiger partial charge in [-0.1, -0.05) is 12.1 Å². The lowest BCUT2D eigenvalue weighted by Crippen LogP contribution is -2.55. The second-order valence-electron chi connectivity index (χ2n) is 6.86. The van der Waals surface area contributed by atoms with Gasteiger partial charge in [-0.2, -0.15) is 0 Å². The fourth-order valence-corrected chi connectivity index (χ4v) is 3.29. The van der Waals surface area contributed by atoms with Crippen LogP contribution in [0.25, 0.3) is 0 Å². The van der Waals surface area contributed by atoms with Crippen molar-refractivity contribution in [3.8, 4) is 17.2 Å². The number of carbonyl (C=O) groups is 2. The first-order valence-corrected chi connectivity index (χ1v) is 9.23. The number of nitrogens with one attached hydrogen (secondary N) is 1. The Morgan fingerprint density at radius 2 is 1.86 bits per heavy atom. The molecular weight excluding hydrogens is 360 g/mol. The molecule has 0 atom stereocenters. The Balaban J connectivity index is 1.22. The number of fused-ring (bicyclic) bond motifs is 1. The summed E-state index contributed by atoms with van der Waals surface area (Å²) < 4.78 is 15.7. The van der Waals surface area contributed by atoms with E-state index in [4.69, 9.17) is 14.2 Å². The van der Waals surface area contributed by atoms with Crippen LogP contribution in [-0.4, -0.2) is 50.3 Å². The average Bonchev–Trinajstić information content (AvgIpc) is 3.15. The summed E-state index contributed by atoms with van der Waals surface area (Å²) in [6.45, 7) is 1.61. The summed E-state index contributed by atoms with van der Waals surface area (Å²) in [4.78, 5) is 26.5. The molecule has 2 heterocycles. The fourth-order valence-electron chi connectivity index (χ4n) is 3.29. The summed E-state index contributed by atoms with van der Waals surface area (Å²) in [6, 6.07) is 12.9. The maximum absolute atomic E-state index is 12.5. The number of hydrogen-bond donors (Lipinski definition) is 1. The quantitative estimate of drug-likeness (QED) is 0.825. The van der Waals surface area contributed by atoms with Gasteiger partial charge in [-0.3, -0.25) is 9.59 Å². The van der Waals surface area contributed by atoms with Gasteiger partial charge in [0.2, 0.25) is 12.7 Å². The molecule has 1 N–H and O–H groups in total. The van der Waals surface area contributed by atoms with Crippen LogP contribution in [0.4, 0.5) is 0 Å². The Labute approximate surface area is 163 Å². The Morgan fingerprint density at radius 3 is 2.61 bits per heavy atom. The number of nitrogens with zero attached hydrogens (tertiary/aromatic N) is 1. The maximum atomic E-state index is 12.5. The molecule has 2 amide bonds. The second-order valence-corrected chi connectivity index (χ2v) is 6.86. The minimum atomic E-state index is -0.158. The standard InChI is InChI=1S/C21H22N2O5/c1-26-17-5-2-14(3-6-17)8-9-22-20(24)16-11-23(12-16)21(25)15-4-7-18-19(10-15)28-13-27-18/h2-7,10,16H,8-9,11-13H2,1H3,(H,22,24). The zero-order valence-corrected chi connectivity index (χ0v) is 15.6. The number of carbonyl (C=O) groups excluding carboxylic acids is 2. The molecule has 1 fully saturated rings. The van der Waals surface area contributed by atoms with Crippen molar-refractivity contribution in [3.05, 3.63) is 53.6 Å². The fraction of sp³-hybridized carbons (Fsp3) is 0.333. The summed E-state index contributed by atoms with van der Waals surface area (Å²) in [5.41, 5.74) is 1.68. The highest BCUT2D eigenvalue weighted by molar-refractivity contribution is 5.96. The van der Waals surface area contributed by atoms with Crippen LogP contribution in [0.1, 0.15) is 15.9 Å². The molecule has 1 saturated heterocycles. The predicted octanol–water partition coefficient (Wildman–Crippen LogP) is 1.85. The normalized spacial score (nSPS) is 15.1. The van der Waals surface area contributed by atoms with Gasteiger partial charge in [0, 0.05) is 25.2 Å². The van der Waals surface area contributed by atoms with E-state index in [0.29, 0.717) is 36.7 Å². The van der Waals surface area contributed by atoms with Crippen molar-refractivity contribution in [2.45, 2.75) is 6.42 Å². The first-order valence-electron chi connectivity index (χ1n) is 9.23. The topological polar surface area (TPSA) is 77.1 Å². The molecule has 0 saturated carbocycles. The summed E-state index contributed by atoms with van der Waals surface area (Å²) >= 11 is 0. The third-order valence-corrected chi connectivity index (χ3v) is 5.03. The smallest absolute Gasteiger partial charge is 0.254 e. The van der Waals surface area contributed by atoms with Crippen LogP contribution in [-0.2, 0) is 11.2 Å². The molecule has 0 unspecified atom stereocenters. The van der Waals surface area contributed by atoms with Crippen molar-refractivity contribution in [2.24, 2.45) is 5.92 Å². The van der Waals surface area contributed by atoms with Crippen molar-refractivity contribution in [1.29, 1.82) is 0 Å². The highest BCUT2D eigenvalue weighted by Crippen LogP contribution is 2.33. The summed E-state index contributed by atoms with van der Waals surface area (Å²) in [6.07, 6.45) is 0.752. The molecule has 2 aromatic carbocycles. The van der Waals surface area contributed by atoms with Crippen LogP contribution < -0.4 is 19.5 Å². The van der Waals surface area contributed by atoms with Gasteiger partial charge in [-0.25, -0.2) is 0 Å². The van der Waals surface area contributed by atoms with Gasteiger partial charge in [0.15, 0.2) is 11.5 Å². The monoisotopic (exact) mass is 382 g/mol. The summed E-state index contributed by atoms with van der Waals surface area (Å²) in [5.74, 6) is 1.78. The van der Waals surface area contributed by atoms with Crippen molar-refractivity contribution in [2.75, 3.05) is 33.5 Å². The van der Waals surface area contributed by atoms with Crippen LogP contribution in [0.5, 0.6) is 17.2 Å². The van der Waals surface area contributed by atoms with Gasteiger partial charge in [-0.05, 0) is 42.3 Å². The molecular formula is C21H22N2O5. The molecule has 0 bridgehead atoms. The Morgan fingerprint density at radius 1 is 1.11 bits per heavy atom. The molecule has 0 aromatic heterocycles. The maximum Gasteiger partial charge on any atom is 0.254 e. The number of benzene rings is 2. The van der Waals surface area contributed by atoms with Gasteiger partial charge >= 0.3 is 0 Å². The summed E-state index contributed by atoms with van der Waals surface area (Å²) in [7, 11) is 1.63. The lowest BCUT2D eigenvalue weighted by atomic mass is 9.97. The molecule has 0 spiro atoms. The van der Waals surface area contributed by atoms with Gasteiger partial charge < -0.3 is 24.4 Å². The van der Waals surface area contributed by atoms with Crippen molar-refractivity contribution >= 4 is 11.8 Å². The molecule has 4 rings (SSSR count). The minimum Gasteiger partial charge on any atom is -0.497 e. The zero-order valence-electron chi connectivity index (χ0n) is 15.6. The number of hydrogen-bond acceptors (Lipinski definition) is 5. The largest absolute Gasteiger partial charge is 0.497 e. The number of methoxy groups -OCH3 is 1. The van der Waals surface area contributed by atoms with E-state index < -0.39 is 0 Å². The van der Waals surface area contributed by atoms with E-state index in [1.54, 1.807) is 30.2 Å². The molecule has 28 heavy (non-hydrogen) atoms. The first kappa shape index (κ1) is 18.2. The molecule has 2 aliphatic heterocycles. The summed E-state index contributed by atoms with van der Waals surface area (Å²) in [5, 5.41) is 2.95. The zero-order chi connectivity index (χ0) is 19.5. The van der Waals surface area contributed by atoms with E-state index in [1.807, 2.05) is 24.3 Å². The SMILES string of the molecule is COc1ccc(CCNC(=O)C2CN(C(=O)c3ccc4c(c3)OCO4)C2)cc1. The van der Waals surface area contributed by atoms with Crippen molar-refractivity contribution in [1.82, 2.24) is 10.2 Å². The number of rotatable bonds is 6. The highest BCUT2D eigenvalue weighted by Gasteiger charge is 2.36. The van der Waals surface area contributed by atoms with Crippen molar-refractivity contribution < 1.29 is 23.8 Å². The molecule has 146 valence electrons. The molecule has 7 nitrogen and oxygen atoms in total. The van der Waals surface area contributed by atoms with Crippen molar-refractivity contribution in [3.63, 3.8) is 0 Å². The van der Waals surface area contributed by atoms with E-state index >= 15 is 0 Å². The van der Waals surface area contributed by atoms with Crippen LogP contribution in [0.3, 0.4) is 0 Å². The van der Waals surface area contributed by atoms with Crippen LogP contribution in [0.2, 0.25) is 0 Å². The van der Waals surface area contributed by atoms with Crippen LogP contribution >= 0.6 is 0 Å². The molecule has 2 aliphatic rings. The lowest BCUT2D eigenvalue weighted by Gasteiger charge is -2.38. The van der Waals surface area contributed by atoms with E-state index in [0.717, 1.165) is 17.7 Å². The lowest BCUT2D eigenvalue weighted by molar-refractivity contribution is -0.128. The predicted molar refractivity (Wildman–Crippen MR) is 102 cm³/mol. The highest BCUT2D eigenvalue weighted by atomic mass is 16.7. The third kappa shape index (κ3) is 3.74. The molecule has 0 radical (unpaired) electrons. The number of amides is 2. The number of ether oxygens (including phenoxy) is 3. The average molecular weight is 382 g/mol. The second kappa shape index (κ2) is 7.80. The van der Waals surface area contributed by atoms with Gasteiger partial charge in [-0.15, -0.1) is 0 Å². The Hall–Kier alpha value is -3.22. The van der Waals surface area contributed by atoms with Crippen LogP contribution in [0.15, 0.2) is 42.5 Å². The number of likely N-dealkylation sites (tertiary alicyclic amines) is 1. The van der Waals surface area contributed by atoms with Crippen LogP contribution in [0, 0.1) is 5.92 Å². The van der Waals surface area contributed by atoms with Gasteiger partial charge in [0.1, 0.15) is 5.75 Å². The Kier molecular flexibility index (Phi) is 5.06. The van der Waals surface area contributed by atoms with E-state index in [2.05, 4.69) is 5.32 Å². The molecule has 7 heteroatoms. The minimum absolute atomic E-state index is 0.0109. The molecule has 2 aromatic rings. The van der Waals surface area contributed by atoms with E-state index in [9.17, 15) is 9.59 Å². The van der Waals surface area contributed by atoms with E-state index in [-0.39, 0.29) is 24.5 Å². The molecule has 0 aliphatic carbocycles. The van der Waals surface area contributed by atoms with Gasteiger partial charge in [0.25, 0.3) is 5.91 Å². The van der Waals surface area contributed by atoms with E-state index in [1.165, 1.54) is 0 Å². The Bertz CT molecular complexity index is 875. The van der Waals surface area contributed by atoms with Gasteiger partial charge in [0.05, 0.1) is 13.0 Å². The first-order chi connectivity index (χ1) is 13.6. The third-order valence-electron chi connectivity index (χ3n) is 5.03.